The van der Waals surface area contributed by atoms with Gasteiger partial charge in [-0.3, -0.25) is 19.3 Å². The number of aliphatic hydroxyl groups is 1. The molecule has 33 heavy (non-hydrogen) atoms. The number of H-pyrrole nitrogens is 1. The van der Waals surface area contributed by atoms with Gasteiger partial charge in [0.05, 0.1) is 26.1 Å². The number of ketones is 1. The molecule has 1 aliphatic heterocycles. The van der Waals surface area contributed by atoms with Crippen LogP contribution in [0.1, 0.15) is 53.5 Å². The number of hydrogen-bond acceptors (Lipinski definition) is 7. The monoisotopic (exact) mass is 468 g/mol. The Morgan fingerprint density at radius 2 is 1.70 bits per heavy atom. The largest absolute Gasteiger partial charge is 0.481 e. The Morgan fingerprint density at radius 1 is 1.12 bits per heavy atom. The number of nitrogens with zero attached hydrogens (tertiary/aromatic N) is 1. The average molecular weight is 469 g/mol. The van der Waals surface area contributed by atoms with E-state index in [1.807, 2.05) is 0 Å². The van der Waals surface area contributed by atoms with Gasteiger partial charge in [0.1, 0.15) is 0 Å². The van der Waals surface area contributed by atoms with E-state index in [1.165, 1.54) is 17.0 Å². The van der Waals surface area contributed by atoms with Crippen molar-refractivity contribution in [3.8, 4) is 0 Å². The molecule has 11 nitrogen and oxygen atoms in total. The number of aromatic amines is 1. The minimum atomic E-state index is -2.74. The van der Waals surface area contributed by atoms with Gasteiger partial charge in [-0.25, -0.2) is 4.79 Å². The maximum absolute atomic E-state index is 12.8. The number of carbonyl (C=O) groups excluding carboxylic acids is 1. The Morgan fingerprint density at radius 3 is 2.18 bits per heavy atom. The molecule has 5 N–H and O–H groups in total. The minimum absolute atomic E-state index is 0.168. The van der Waals surface area contributed by atoms with E-state index in [4.69, 9.17) is 25.2 Å². The van der Waals surface area contributed by atoms with Gasteiger partial charge in [0, 0.05) is 42.5 Å². The van der Waals surface area contributed by atoms with Crippen molar-refractivity contribution in [2.75, 3.05) is 32.8 Å². The van der Waals surface area contributed by atoms with Crippen molar-refractivity contribution in [2.45, 2.75) is 51.6 Å². The first-order valence-electron chi connectivity index (χ1n) is 10.9. The first-order valence-corrected chi connectivity index (χ1v) is 10.9. The summed E-state index contributed by atoms with van der Waals surface area (Å²) in [5.41, 5.74) is 1.85. The lowest BCUT2D eigenvalue weighted by Crippen LogP contribution is -2.42. The number of carbonyl (C=O) groups is 4. The van der Waals surface area contributed by atoms with E-state index in [0.717, 1.165) is 57.7 Å². The van der Waals surface area contributed by atoms with Gasteiger partial charge in [0.25, 0.3) is 0 Å². The fourth-order valence-corrected chi connectivity index (χ4v) is 4.30. The Bertz CT molecular complexity index is 871. The van der Waals surface area contributed by atoms with Crippen molar-refractivity contribution < 1.29 is 44.3 Å². The quantitative estimate of drug-likeness (QED) is 0.365. The summed E-state index contributed by atoms with van der Waals surface area (Å²) in [6.07, 6.45) is 0.639. The topological polar surface area (TPSA) is 177 Å². The van der Waals surface area contributed by atoms with Gasteiger partial charge in [-0.2, -0.15) is 0 Å². The molecule has 0 spiro atoms. The lowest BCUT2D eigenvalue weighted by Gasteiger charge is -2.31. The number of aromatic nitrogens is 1. The van der Waals surface area contributed by atoms with Gasteiger partial charge in [0.2, 0.25) is 0 Å². The second kappa shape index (κ2) is 11.4. The molecule has 11 heteroatoms. The van der Waals surface area contributed by atoms with Gasteiger partial charge in [-0.05, 0) is 31.7 Å². The molecule has 1 atom stereocenters. The molecule has 0 saturated carbocycles. The Labute approximate surface area is 191 Å². The molecule has 1 aromatic heterocycles. The van der Waals surface area contributed by atoms with Crippen LogP contribution in [-0.4, -0.2) is 92.5 Å². The predicted molar refractivity (Wildman–Crippen MR) is 115 cm³/mol. The summed E-state index contributed by atoms with van der Waals surface area (Å²) in [4.78, 5) is 49.1. The van der Waals surface area contributed by atoms with Crippen LogP contribution in [0.4, 0.5) is 0 Å². The number of nitrogens with one attached hydrogen (secondary N) is 1. The van der Waals surface area contributed by atoms with Crippen LogP contribution in [-0.2, 0) is 32.0 Å². The van der Waals surface area contributed by atoms with Crippen LogP contribution in [0.2, 0.25) is 0 Å². The molecule has 2 aliphatic rings. The summed E-state index contributed by atoms with van der Waals surface area (Å²) < 4.78 is 5.38. The van der Waals surface area contributed by atoms with E-state index in [1.54, 1.807) is 0 Å². The van der Waals surface area contributed by atoms with Crippen molar-refractivity contribution in [1.82, 2.24) is 9.88 Å². The second-order valence-electron chi connectivity index (χ2n) is 8.43. The van der Waals surface area contributed by atoms with E-state index < -0.39 is 36.4 Å². The molecule has 2 heterocycles. The number of aliphatic carboxylic acids is 3. The third-order valence-corrected chi connectivity index (χ3v) is 5.98. The highest BCUT2D eigenvalue weighted by Gasteiger charge is 2.40. The maximum atomic E-state index is 12.8. The molecule has 1 aromatic rings. The molecule has 0 bridgehead atoms. The van der Waals surface area contributed by atoms with Crippen LogP contribution in [0.15, 0.2) is 0 Å². The zero-order chi connectivity index (χ0) is 24.8. The number of carboxylic acids is 3. The number of fused-ring (bicyclic) bond motifs is 1. The zero-order valence-corrected chi connectivity index (χ0v) is 18.9. The Balaban J connectivity index is 0.000000260. The first kappa shape index (κ1) is 26.5. The molecular formula is C22H32N2O9. The normalized spacial score (nSPS) is 18.8. The van der Waals surface area contributed by atoms with Crippen LogP contribution < -0.4 is 0 Å². The standard InChI is InChI=1S/C16H24N2O2.C6H8O7/c1-3-13-11(2)17-14-5-4-12(16(19)15(13)14)10-18-6-8-20-9-7-18;7-3(8)1-6(13,5(11)12)2-4(9)10/h12,17H,3-10H2,1-2H3;13H,1-2H2,(H,7,8)(H,9,10)(H,11,12). The molecule has 3 rings (SSSR count). The number of hydrogen-bond donors (Lipinski definition) is 5. The van der Waals surface area contributed by atoms with Gasteiger partial charge >= 0.3 is 17.9 Å². The number of aryl methyl sites for hydroxylation is 2. The zero-order valence-electron chi connectivity index (χ0n) is 18.9. The molecule has 0 amide bonds. The van der Waals surface area contributed by atoms with Crippen LogP contribution in [0.3, 0.4) is 0 Å². The van der Waals surface area contributed by atoms with E-state index in [2.05, 4.69) is 23.7 Å². The van der Waals surface area contributed by atoms with Crippen molar-refractivity contribution in [1.29, 1.82) is 0 Å². The summed E-state index contributed by atoms with van der Waals surface area (Å²) in [5.74, 6) is -4.49. The molecule has 1 unspecified atom stereocenters. The maximum Gasteiger partial charge on any atom is 0.336 e. The number of ether oxygens (including phenoxy) is 1. The third-order valence-electron chi connectivity index (χ3n) is 5.98. The van der Waals surface area contributed by atoms with E-state index >= 15 is 0 Å². The highest BCUT2D eigenvalue weighted by Crippen LogP contribution is 2.31. The summed E-state index contributed by atoms with van der Waals surface area (Å²) in [7, 11) is 0. The summed E-state index contributed by atoms with van der Waals surface area (Å²) in [6.45, 7) is 8.64. The predicted octanol–water partition coefficient (Wildman–Crippen LogP) is 0.714. The summed E-state index contributed by atoms with van der Waals surface area (Å²) in [6, 6.07) is 0. The van der Waals surface area contributed by atoms with Gasteiger partial charge in [0.15, 0.2) is 11.4 Å². The van der Waals surface area contributed by atoms with Gasteiger partial charge in [-0.1, -0.05) is 6.92 Å². The van der Waals surface area contributed by atoms with Gasteiger partial charge in [-0.15, -0.1) is 0 Å². The molecule has 1 saturated heterocycles. The summed E-state index contributed by atoms with van der Waals surface area (Å²) in [5, 5.41) is 33.8. The minimum Gasteiger partial charge on any atom is -0.481 e. The van der Waals surface area contributed by atoms with Crippen LogP contribution in [0, 0.1) is 12.8 Å². The molecule has 1 aliphatic carbocycles. The van der Waals surface area contributed by atoms with Crippen molar-refractivity contribution in [3.63, 3.8) is 0 Å². The number of carboxylic acid groups (broad SMARTS) is 3. The van der Waals surface area contributed by atoms with E-state index in [-0.39, 0.29) is 5.92 Å². The van der Waals surface area contributed by atoms with Crippen molar-refractivity contribution >= 4 is 23.7 Å². The number of rotatable bonds is 8. The lowest BCUT2D eigenvalue weighted by molar-refractivity contribution is -0.170. The highest BCUT2D eigenvalue weighted by atomic mass is 16.5. The Hall–Kier alpha value is -2.76. The molecule has 0 radical (unpaired) electrons. The molecule has 1 fully saturated rings. The molecule has 184 valence electrons. The highest BCUT2D eigenvalue weighted by molar-refractivity contribution is 6.01. The lowest BCUT2D eigenvalue weighted by atomic mass is 9.83. The molecule has 0 aromatic carbocycles. The Kier molecular flexibility index (Phi) is 9.15. The molecular weight excluding hydrogens is 436 g/mol. The van der Waals surface area contributed by atoms with Crippen molar-refractivity contribution in [3.05, 3.63) is 22.5 Å². The van der Waals surface area contributed by atoms with E-state index in [0.29, 0.717) is 5.78 Å². The first-order chi connectivity index (χ1) is 15.5. The van der Waals surface area contributed by atoms with Crippen LogP contribution in [0.25, 0.3) is 0 Å². The number of Topliss-reactive ketones (excluding diaryl/α,β-unsaturated/α-hetero) is 1. The summed E-state index contributed by atoms with van der Waals surface area (Å²) >= 11 is 0. The van der Waals surface area contributed by atoms with Crippen molar-refractivity contribution in [2.24, 2.45) is 5.92 Å². The average Bonchev–Trinajstić information content (AvgIpc) is 3.06. The van der Waals surface area contributed by atoms with Crippen LogP contribution >= 0.6 is 0 Å². The fraction of sp³-hybridized carbons (Fsp3) is 0.636. The number of morpholine rings is 1. The third kappa shape index (κ3) is 6.86. The smallest absolute Gasteiger partial charge is 0.336 e. The van der Waals surface area contributed by atoms with Gasteiger partial charge < -0.3 is 30.1 Å². The second-order valence-corrected chi connectivity index (χ2v) is 8.43. The van der Waals surface area contributed by atoms with E-state index in [9.17, 15) is 19.2 Å². The van der Waals surface area contributed by atoms with Crippen LogP contribution in [0.5, 0.6) is 0 Å². The SMILES string of the molecule is CCc1c(C)[nH]c2c1C(=O)C(CN1CCOCC1)CC2.O=C(O)CC(O)(CC(=O)O)C(=O)O. The fourth-order valence-electron chi connectivity index (χ4n) is 4.30.